The van der Waals surface area contributed by atoms with Gasteiger partial charge in [0.2, 0.25) is 0 Å². The maximum Gasteiger partial charge on any atom is 0.191 e. The minimum atomic E-state index is 0.584. The van der Waals surface area contributed by atoms with Gasteiger partial charge in [-0.05, 0) is 53.7 Å². The Morgan fingerprint density at radius 3 is 2.48 bits per heavy atom. The lowest BCUT2D eigenvalue weighted by Crippen LogP contribution is -2.03. The quantitative estimate of drug-likeness (QED) is 0.459. The van der Waals surface area contributed by atoms with Crippen molar-refractivity contribution in [1.82, 2.24) is 35.0 Å². The Balaban J connectivity index is 1.56. The highest BCUT2D eigenvalue weighted by Crippen LogP contribution is 2.27. The zero-order valence-corrected chi connectivity index (χ0v) is 16.1. The summed E-state index contributed by atoms with van der Waals surface area (Å²) in [5.41, 5.74) is 1.91. The van der Waals surface area contributed by atoms with Crippen LogP contribution in [-0.2, 0) is 12.3 Å². The van der Waals surface area contributed by atoms with E-state index in [1.54, 1.807) is 16.4 Å². The Labute approximate surface area is 165 Å². The maximum atomic E-state index is 5.98. The molecular weight excluding hydrogens is 382 g/mol. The number of hydrogen-bond acceptors (Lipinski definition) is 6. The molecule has 0 unspecified atom stereocenters. The third-order valence-electron chi connectivity index (χ3n) is 4.00. The number of para-hydroxylation sites is 1. The Hall–Kier alpha value is -2.71. The highest BCUT2D eigenvalue weighted by atomic mass is 35.5. The average Bonchev–Trinajstić information content (AvgIpc) is 3.34. The molecule has 4 aromatic rings. The van der Waals surface area contributed by atoms with Gasteiger partial charge < -0.3 is 4.57 Å². The molecule has 9 heteroatoms. The summed E-state index contributed by atoms with van der Waals surface area (Å²) in [4.78, 5) is 0. The summed E-state index contributed by atoms with van der Waals surface area (Å²) in [6, 6.07) is 17.4. The number of rotatable bonds is 6. The zero-order valence-electron chi connectivity index (χ0n) is 14.5. The van der Waals surface area contributed by atoms with E-state index in [0.29, 0.717) is 10.8 Å². The van der Waals surface area contributed by atoms with E-state index in [4.69, 9.17) is 11.6 Å². The summed E-state index contributed by atoms with van der Waals surface area (Å²) in [5.74, 6) is 2.16. The molecule has 0 atom stereocenters. The first kappa shape index (κ1) is 17.7. The summed E-state index contributed by atoms with van der Waals surface area (Å²) >= 11 is 7.54. The maximum absolute atomic E-state index is 5.98. The molecule has 0 aliphatic heterocycles. The van der Waals surface area contributed by atoms with Gasteiger partial charge in [0.15, 0.2) is 16.8 Å². The number of tetrazole rings is 1. The fourth-order valence-electron chi connectivity index (χ4n) is 2.69. The lowest BCUT2D eigenvalue weighted by atomic mass is 10.2. The molecule has 2 heterocycles. The zero-order chi connectivity index (χ0) is 18.6. The van der Waals surface area contributed by atoms with E-state index < -0.39 is 0 Å². The molecule has 2 aromatic heterocycles. The van der Waals surface area contributed by atoms with Gasteiger partial charge in [-0.1, -0.05) is 41.6 Å². The predicted molar refractivity (Wildman–Crippen MR) is 105 cm³/mol. The molecule has 0 fully saturated rings. The van der Waals surface area contributed by atoms with Crippen molar-refractivity contribution in [2.24, 2.45) is 0 Å². The van der Waals surface area contributed by atoms with Crippen LogP contribution in [0, 0.1) is 0 Å². The summed E-state index contributed by atoms with van der Waals surface area (Å²) < 4.78 is 3.81. The molecule has 0 aliphatic carbocycles. The van der Waals surface area contributed by atoms with Crippen molar-refractivity contribution in [1.29, 1.82) is 0 Å². The van der Waals surface area contributed by atoms with Gasteiger partial charge in [0.25, 0.3) is 0 Å². The van der Waals surface area contributed by atoms with Crippen LogP contribution >= 0.6 is 23.4 Å². The fraction of sp³-hybridized carbons (Fsp3) is 0.167. The Bertz CT molecular complexity index is 1030. The van der Waals surface area contributed by atoms with E-state index in [1.165, 1.54) is 0 Å². The molecule has 0 N–H and O–H groups in total. The first-order valence-corrected chi connectivity index (χ1v) is 9.77. The number of halogens is 1. The van der Waals surface area contributed by atoms with Crippen LogP contribution in [0.3, 0.4) is 0 Å². The number of hydrogen-bond donors (Lipinski definition) is 0. The van der Waals surface area contributed by atoms with Gasteiger partial charge in [-0.25, -0.2) is 0 Å². The smallest absolute Gasteiger partial charge is 0.191 e. The molecular formula is C18H16ClN7S. The topological polar surface area (TPSA) is 74.3 Å². The number of benzene rings is 2. The lowest BCUT2D eigenvalue weighted by molar-refractivity contribution is 0.686. The van der Waals surface area contributed by atoms with Crippen molar-refractivity contribution < 1.29 is 0 Å². The molecule has 4 rings (SSSR count). The third-order valence-corrected chi connectivity index (χ3v) is 5.22. The molecule has 2 aromatic carbocycles. The number of nitrogens with zero attached hydrogens (tertiary/aromatic N) is 7. The molecule has 0 spiro atoms. The minimum absolute atomic E-state index is 0.584. The van der Waals surface area contributed by atoms with Crippen molar-refractivity contribution in [2.75, 3.05) is 0 Å². The molecule has 136 valence electrons. The number of aromatic nitrogens is 7. The first-order chi connectivity index (χ1) is 13.3. The fourth-order valence-corrected chi connectivity index (χ4v) is 3.72. The monoisotopic (exact) mass is 397 g/mol. The van der Waals surface area contributed by atoms with Crippen molar-refractivity contribution >= 4 is 23.4 Å². The van der Waals surface area contributed by atoms with Crippen LogP contribution < -0.4 is 0 Å². The molecule has 0 amide bonds. The normalized spacial score (nSPS) is 11.0. The van der Waals surface area contributed by atoms with Crippen molar-refractivity contribution in [3.05, 3.63) is 65.4 Å². The van der Waals surface area contributed by atoms with Gasteiger partial charge in [-0.15, -0.1) is 15.3 Å². The van der Waals surface area contributed by atoms with E-state index in [2.05, 4.69) is 37.2 Å². The van der Waals surface area contributed by atoms with E-state index in [1.807, 2.05) is 54.6 Å². The van der Waals surface area contributed by atoms with Crippen LogP contribution in [0.25, 0.3) is 17.1 Å². The Kier molecular flexibility index (Phi) is 5.17. The molecule has 7 nitrogen and oxygen atoms in total. The second-order valence-electron chi connectivity index (χ2n) is 5.69. The van der Waals surface area contributed by atoms with Crippen molar-refractivity contribution in [3.63, 3.8) is 0 Å². The molecule has 27 heavy (non-hydrogen) atoms. The molecule has 0 saturated heterocycles. The SMILES string of the molecule is CCn1c(SCc2nnnn2-c2ccccc2)nnc1-c1ccc(Cl)cc1. The second kappa shape index (κ2) is 7.89. The van der Waals surface area contributed by atoms with Crippen LogP contribution in [0.2, 0.25) is 5.02 Å². The highest BCUT2D eigenvalue weighted by molar-refractivity contribution is 7.98. The van der Waals surface area contributed by atoms with Crippen molar-refractivity contribution in [2.45, 2.75) is 24.4 Å². The van der Waals surface area contributed by atoms with Crippen LogP contribution in [-0.4, -0.2) is 35.0 Å². The van der Waals surface area contributed by atoms with E-state index >= 15 is 0 Å². The summed E-state index contributed by atoms with van der Waals surface area (Å²) in [6.45, 7) is 2.83. The van der Waals surface area contributed by atoms with Gasteiger partial charge in [-0.2, -0.15) is 4.68 Å². The van der Waals surface area contributed by atoms with Crippen LogP contribution in [0.4, 0.5) is 0 Å². The summed E-state index contributed by atoms with van der Waals surface area (Å²) in [7, 11) is 0. The van der Waals surface area contributed by atoms with Crippen LogP contribution in [0.5, 0.6) is 0 Å². The van der Waals surface area contributed by atoms with Gasteiger partial charge >= 0.3 is 0 Å². The van der Waals surface area contributed by atoms with Crippen LogP contribution in [0.15, 0.2) is 59.8 Å². The van der Waals surface area contributed by atoms with E-state index in [0.717, 1.165) is 34.6 Å². The minimum Gasteiger partial charge on any atom is -0.302 e. The number of thioether (sulfide) groups is 1. The highest BCUT2D eigenvalue weighted by Gasteiger charge is 2.15. The second-order valence-corrected chi connectivity index (χ2v) is 7.07. The standard InChI is InChI=1S/C18H16ClN7S/c1-2-25-17(13-8-10-14(19)11-9-13)21-22-18(25)27-12-16-20-23-24-26(16)15-6-4-3-5-7-15/h3-11H,2,12H2,1H3. The average molecular weight is 398 g/mol. The predicted octanol–water partition coefficient (Wildman–Crippen LogP) is 3.89. The Morgan fingerprint density at radius 1 is 0.963 bits per heavy atom. The van der Waals surface area contributed by atoms with Gasteiger partial charge in [0.1, 0.15) is 0 Å². The summed E-state index contributed by atoms with van der Waals surface area (Å²) in [6.07, 6.45) is 0. The van der Waals surface area contributed by atoms with Gasteiger partial charge in [-0.3, -0.25) is 0 Å². The van der Waals surface area contributed by atoms with Crippen LogP contribution in [0.1, 0.15) is 12.7 Å². The third kappa shape index (κ3) is 3.72. The molecule has 0 bridgehead atoms. The largest absolute Gasteiger partial charge is 0.302 e. The lowest BCUT2D eigenvalue weighted by Gasteiger charge is -2.07. The van der Waals surface area contributed by atoms with Gasteiger partial charge in [0, 0.05) is 17.1 Å². The van der Waals surface area contributed by atoms with Gasteiger partial charge in [0.05, 0.1) is 11.4 Å². The summed E-state index contributed by atoms with van der Waals surface area (Å²) in [5, 5.41) is 22.3. The molecule has 0 aliphatic rings. The van der Waals surface area contributed by atoms with Crippen molar-refractivity contribution in [3.8, 4) is 17.1 Å². The molecule has 0 radical (unpaired) electrons. The van der Waals surface area contributed by atoms with E-state index in [9.17, 15) is 0 Å². The molecule has 0 saturated carbocycles. The van der Waals surface area contributed by atoms with E-state index in [-0.39, 0.29) is 0 Å². The first-order valence-electron chi connectivity index (χ1n) is 8.41. The Morgan fingerprint density at radius 2 is 1.74 bits per heavy atom.